The molecule has 25 heavy (non-hydrogen) atoms. The van der Waals surface area contributed by atoms with E-state index in [0.717, 1.165) is 24.2 Å². The third-order valence-corrected chi connectivity index (χ3v) is 4.68. The maximum atomic E-state index is 12.6. The highest BCUT2D eigenvalue weighted by molar-refractivity contribution is 6.07. The molecule has 0 radical (unpaired) electrons. The summed E-state index contributed by atoms with van der Waals surface area (Å²) in [5.41, 5.74) is -0.764. The normalized spacial score (nSPS) is 19.3. The van der Waals surface area contributed by atoms with Crippen LogP contribution < -0.4 is 5.32 Å². The van der Waals surface area contributed by atoms with Crippen LogP contribution in [-0.4, -0.2) is 45.0 Å². The van der Waals surface area contributed by atoms with Crippen molar-refractivity contribution in [3.63, 3.8) is 0 Å². The molecule has 1 aromatic heterocycles. The van der Waals surface area contributed by atoms with E-state index < -0.39 is 17.5 Å². The van der Waals surface area contributed by atoms with Crippen LogP contribution in [0.2, 0.25) is 0 Å². The Kier molecular flexibility index (Phi) is 5.00. The van der Waals surface area contributed by atoms with E-state index in [4.69, 9.17) is 9.26 Å². The monoisotopic (exact) mass is 350 g/mol. The Hall–Kier alpha value is -2.45. The highest BCUT2D eigenvalue weighted by Gasteiger charge is 2.51. The quantitative estimate of drug-likeness (QED) is 0.608. The van der Waals surface area contributed by atoms with Crippen LogP contribution >= 0.6 is 0 Å². The van der Waals surface area contributed by atoms with Crippen LogP contribution in [0, 0.1) is 0 Å². The van der Waals surface area contributed by atoms with Crippen molar-refractivity contribution < 1.29 is 23.6 Å². The van der Waals surface area contributed by atoms with Gasteiger partial charge in [-0.2, -0.15) is 4.98 Å². The predicted octanol–water partition coefficient (Wildman–Crippen LogP) is 1.32. The van der Waals surface area contributed by atoms with Gasteiger partial charge in [0.2, 0.25) is 0 Å². The zero-order chi connectivity index (χ0) is 17.9. The summed E-state index contributed by atoms with van der Waals surface area (Å²) < 4.78 is 9.97. The molecule has 1 spiro atoms. The molecule has 1 N–H and O–H groups in total. The lowest BCUT2D eigenvalue weighted by Gasteiger charge is -2.30. The average molecular weight is 350 g/mol. The fourth-order valence-corrected chi connectivity index (χ4v) is 3.28. The number of aryl methyl sites for hydroxylation is 1. The van der Waals surface area contributed by atoms with Crippen LogP contribution in [0.25, 0.3) is 0 Å². The van der Waals surface area contributed by atoms with Crippen molar-refractivity contribution in [3.05, 3.63) is 11.7 Å². The van der Waals surface area contributed by atoms with Gasteiger partial charge in [-0.1, -0.05) is 31.3 Å². The second-order valence-electron chi connectivity index (χ2n) is 6.40. The summed E-state index contributed by atoms with van der Waals surface area (Å²) >= 11 is 0. The Balaban J connectivity index is 1.48. The smallest absolute Gasteiger partial charge is 0.325 e. The number of esters is 1. The van der Waals surface area contributed by atoms with E-state index in [-0.39, 0.29) is 31.4 Å². The molecule has 9 nitrogen and oxygen atoms in total. The van der Waals surface area contributed by atoms with Crippen molar-refractivity contribution in [2.45, 2.75) is 64.0 Å². The van der Waals surface area contributed by atoms with Crippen LogP contribution in [0.1, 0.15) is 57.2 Å². The molecular formula is C16H22N4O5. The molecule has 1 saturated carbocycles. The standard InChI is InChI=1S/C16H22N4O5/c1-2-11-17-12(25-19-11)10-24-13(21)6-9-20-14(22)16(18-15(20)23)7-4-3-5-8-16/h2-10H2,1H3,(H,18,23). The van der Waals surface area contributed by atoms with E-state index in [2.05, 4.69) is 15.5 Å². The molecular weight excluding hydrogens is 328 g/mol. The topological polar surface area (TPSA) is 115 Å². The van der Waals surface area contributed by atoms with Crippen molar-refractivity contribution in [3.8, 4) is 0 Å². The fraction of sp³-hybridized carbons (Fsp3) is 0.688. The van der Waals surface area contributed by atoms with Gasteiger partial charge in [0.1, 0.15) is 5.54 Å². The molecule has 1 saturated heterocycles. The minimum Gasteiger partial charge on any atom is -0.456 e. The SMILES string of the molecule is CCc1noc(COC(=O)CCN2C(=O)NC3(CCCCC3)C2=O)n1. The third-order valence-electron chi connectivity index (χ3n) is 4.68. The fourth-order valence-electron chi connectivity index (χ4n) is 3.28. The summed E-state index contributed by atoms with van der Waals surface area (Å²) in [7, 11) is 0. The van der Waals surface area contributed by atoms with E-state index in [1.54, 1.807) is 0 Å². The van der Waals surface area contributed by atoms with Gasteiger partial charge in [0.25, 0.3) is 11.8 Å². The molecule has 2 aliphatic rings. The van der Waals surface area contributed by atoms with Crippen LogP contribution in [-0.2, 0) is 27.4 Å². The van der Waals surface area contributed by atoms with Gasteiger partial charge in [-0.15, -0.1) is 0 Å². The van der Waals surface area contributed by atoms with E-state index in [1.807, 2.05) is 6.92 Å². The second-order valence-corrected chi connectivity index (χ2v) is 6.40. The largest absolute Gasteiger partial charge is 0.456 e. The van der Waals surface area contributed by atoms with Crippen molar-refractivity contribution in [1.82, 2.24) is 20.4 Å². The average Bonchev–Trinajstić information content (AvgIpc) is 3.16. The lowest BCUT2D eigenvalue weighted by Crippen LogP contribution is -2.48. The van der Waals surface area contributed by atoms with Gasteiger partial charge in [0.05, 0.1) is 6.42 Å². The van der Waals surface area contributed by atoms with Gasteiger partial charge >= 0.3 is 12.0 Å². The number of hydrogen-bond acceptors (Lipinski definition) is 7. The number of nitrogens with one attached hydrogen (secondary N) is 1. The van der Waals surface area contributed by atoms with Gasteiger partial charge in [0.15, 0.2) is 12.4 Å². The lowest BCUT2D eigenvalue weighted by atomic mass is 9.82. The summed E-state index contributed by atoms with van der Waals surface area (Å²) in [4.78, 5) is 41.7. The molecule has 0 unspecified atom stereocenters. The van der Waals surface area contributed by atoms with Crippen molar-refractivity contribution >= 4 is 17.9 Å². The van der Waals surface area contributed by atoms with Crippen molar-refractivity contribution in [2.75, 3.05) is 6.54 Å². The van der Waals surface area contributed by atoms with E-state index in [1.165, 1.54) is 0 Å². The van der Waals surface area contributed by atoms with Gasteiger partial charge < -0.3 is 14.6 Å². The van der Waals surface area contributed by atoms with Crippen molar-refractivity contribution in [1.29, 1.82) is 0 Å². The van der Waals surface area contributed by atoms with Crippen LogP contribution in [0.5, 0.6) is 0 Å². The number of nitrogens with zero attached hydrogens (tertiary/aromatic N) is 3. The van der Waals surface area contributed by atoms with Crippen LogP contribution in [0.3, 0.4) is 0 Å². The van der Waals surface area contributed by atoms with Crippen molar-refractivity contribution in [2.24, 2.45) is 0 Å². The van der Waals surface area contributed by atoms with E-state index in [0.29, 0.717) is 25.1 Å². The first-order valence-corrected chi connectivity index (χ1v) is 8.65. The molecule has 0 bridgehead atoms. The molecule has 0 aromatic carbocycles. The molecule has 1 aliphatic heterocycles. The highest BCUT2D eigenvalue weighted by Crippen LogP contribution is 2.33. The summed E-state index contributed by atoms with van der Waals surface area (Å²) in [6.45, 7) is 1.78. The van der Waals surface area contributed by atoms with Gasteiger partial charge in [-0.25, -0.2) is 4.79 Å². The number of carbonyl (C=O) groups is 3. The number of ether oxygens (including phenoxy) is 1. The molecule has 3 amide bonds. The zero-order valence-electron chi connectivity index (χ0n) is 14.2. The van der Waals surface area contributed by atoms with Gasteiger partial charge in [-0.3, -0.25) is 14.5 Å². The highest BCUT2D eigenvalue weighted by atomic mass is 16.6. The Morgan fingerprint density at radius 2 is 2.08 bits per heavy atom. The molecule has 2 heterocycles. The first kappa shape index (κ1) is 17.4. The summed E-state index contributed by atoms with van der Waals surface area (Å²) in [6.07, 6.45) is 4.81. The second kappa shape index (κ2) is 7.20. The number of urea groups is 1. The lowest BCUT2D eigenvalue weighted by molar-refractivity contribution is -0.146. The summed E-state index contributed by atoms with van der Waals surface area (Å²) in [5, 5.41) is 6.52. The van der Waals surface area contributed by atoms with E-state index in [9.17, 15) is 14.4 Å². The van der Waals surface area contributed by atoms with E-state index >= 15 is 0 Å². The van der Waals surface area contributed by atoms with Crippen LogP contribution in [0.4, 0.5) is 4.79 Å². The molecule has 9 heteroatoms. The number of aromatic nitrogens is 2. The number of amides is 3. The first-order valence-electron chi connectivity index (χ1n) is 8.65. The molecule has 1 aromatic rings. The Morgan fingerprint density at radius 3 is 2.76 bits per heavy atom. The minimum absolute atomic E-state index is 0.00922. The van der Waals surface area contributed by atoms with Gasteiger partial charge in [0, 0.05) is 13.0 Å². The van der Waals surface area contributed by atoms with Gasteiger partial charge in [-0.05, 0) is 12.8 Å². The third kappa shape index (κ3) is 3.64. The molecule has 3 rings (SSSR count). The van der Waals surface area contributed by atoms with Crippen LogP contribution in [0.15, 0.2) is 4.52 Å². The maximum Gasteiger partial charge on any atom is 0.325 e. The number of hydrogen-bond donors (Lipinski definition) is 1. The molecule has 2 fully saturated rings. The summed E-state index contributed by atoms with van der Waals surface area (Å²) in [6, 6.07) is -0.427. The maximum absolute atomic E-state index is 12.6. The Morgan fingerprint density at radius 1 is 1.32 bits per heavy atom. The predicted molar refractivity (Wildman–Crippen MR) is 84.1 cm³/mol. The minimum atomic E-state index is -0.764. The summed E-state index contributed by atoms with van der Waals surface area (Å²) in [5.74, 6) is 0.0143. The number of carbonyl (C=O) groups excluding carboxylic acids is 3. The Labute approximate surface area is 145 Å². The number of rotatable bonds is 6. The molecule has 1 aliphatic carbocycles. The number of imide groups is 1. The molecule has 136 valence electrons. The molecule has 0 atom stereocenters. The zero-order valence-corrected chi connectivity index (χ0v) is 14.2. The Bertz CT molecular complexity index is 665. The first-order chi connectivity index (χ1) is 12.0.